The number of hydrogen-bond acceptors (Lipinski definition) is 7. The Morgan fingerprint density at radius 3 is 2.55 bits per heavy atom. The van der Waals surface area contributed by atoms with Crippen LogP contribution in [0, 0.1) is 5.82 Å². The second-order valence-corrected chi connectivity index (χ2v) is 12.0. The molecule has 3 N–H and O–H groups in total. The first-order valence-electron chi connectivity index (χ1n) is 13.5. The number of aromatic nitrogens is 2. The van der Waals surface area contributed by atoms with Crippen LogP contribution in [-0.4, -0.2) is 65.3 Å². The minimum Gasteiger partial charge on any atom is -0.461 e. The summed E-state index contributed by atoms with van der Waals surface area (Å²) in [5.41, 5.74) is 7.36. The fraction of sp³-hybridized carbons (Fsp3) is 0.500. The Bertz CT molecular complexity index is 1400. The van der Waals surface area contributed by atoms with Crippen LogP contribution in [-0.2, 0) is 0 Å². The molecule has 7 rings (SSSR count). The molecule has 2 bridgehead atoms. The summed E-state index contributed by atoms with van der Waals surface area (Å²) in [6, 6.07) is 7.87. The van der Waals surface area contributed by atoms with Gasteiger partial charge in [-0.05, 0) is 63.7 Å². The molecule has 38 heavy (non-hydrogen) atoms. The van der Waals surface area contributed by atoms with Crippen molar-refractivity contribution in [3.8, 4) is 17.1 Å². The molecule has 2 atom stereocenters. The topological polar surface area (TPSA) is 79.5 Å². The SMILES string of the molecule is Nc1c(Cl)cccc1-c1c(Cl)cc2c(N3CC4CCC(C3)N4)nc(OCC34CCCN3CCC4)nc2c1F. The van der Waals surface area contributed by atoms with Crippen molar-refractivity contribution >= 4 is 45.6 Å². The molecule has 0 saturated carbocycles. The molecule has 4 fully saturated rings. The van der Waals surface area contributed by atoms with E-state index >= 15 is 4.39 Å². The van der Waals surface area contributed by atoms with Crippen LogP contribution in [0.1, 0.15) is 38.5 Å². The fourth-order valence-corrected chi connectivity index (χ4v) is 7.57. The first-order valence-corrected chi connectivity index (χ1v) is 14.3. The number of nitrogens with two attached hydrogens (primary N) is 1. The van der Waals surface area contributed by atoms with Gasteiger partial charge >= 0.3 is 6.01 Å². The lowest BCUT2D eigenvalue weighted by molar-refractivity contribution is 0.108. The number of piperazine rings is 1. The van der Waals surface area contributed by atoms with Crippen LogP contribution in [0.15, 0.2) is 24.3 Å². The first-order chi connectivity index (χ1) is 18.4. The summed E-state index contributed by atoms with van der Waals surface area (Å²) in [6.45, 7) is 4.31. The molecule has 2 aromatic carbocycles. The number of anilines is 2. The van der Waals surface area contributed by atoms with E-state index in [9.17, 15) is 0 Å². The first kappa shape index (κ1) is 24.6. The van der Waals surface area contributed by atoms with Gasteiger partial charge < -0.3 is 20.7 Å². The number of benzene rings is 2. The van der Waals surface area contributed by atoms with E-state index in [4.69, 9.17) is 38.7 Å². The lowest BCUT2D eigenvalue weighted by Crippen LogP contribution is -2.51. The van der Waals surface area contributed by atoms with Crippen molar-refractivity contribution in [3.63, 3.8) is 0 Å². The highest BCUT2D eigenvalue weighted by Crippen LogP contribution is 2.43. The summed E-state index contributed by atoms with van der Waals surface area (Å²) in [5, 5.41) is 4.82. The monoisotopic (exact) mass is 556 g/mol. The number of nitrogens with one attached hydrogen (secondary N) is 1. The Morgan fingerprint density at radius 2 is 1.82 bits per heavy atom. The zero-order chi connectivity index (χ0) is 26.0. The van der Waals surface area contributed by atoms with Crippen LogP contribution in [0.25, 0.3) is 22.0 Å². The van der Waals surface area contributed by atoms with E-state index in [1.54, 1.807) is 24.3 Å². The number of nitrogen functional groups attached to an aromatic ring is 1. The van der Waals surface area contributed by atoms with E-state index in [0.717, 1.165) is 51.9 Å². The summed E-state index contributed by atoms with van der Waals surface area (Å²) >= 11 is 13.0. The Hall–Kier alpha value is -2.39. The van der Waals surface area contributed by atoms with Crippen LogP contribution in [0.5, 0.6) is 6.01 Å². The van der Waals surface area contributed by atoms with Crippen molar-refractivity contribution < 1.29 is 9.13 Å². The predicted octanol–water partition coefficient (Wildman–Crippen LogP) is 5.27. The van der Waals surface area contributed by atoms with Crippen molar-refractivity contribution in [1.82, 2.24) is 20.2 Å². The average molecular weight is 558 g/mol. The van der Waals surface area contributed by atoms with Gasteiger partial charge in [0.1, 0.15) is 17.9 Å². The molecule has 1 aromatic heterocycles. The number of hydrogen-bond donors (Lipinski definition) is 2. The zero-order valence-electron chi connectivity index (χ0n) is 21.2. The lowest BCUT2D eigenvalue weighted by Gasteiger charge is -2.35. The molecule has 0 aliphatic carbocycles. The summed E-state index contributed by atoms with van der Waals surface area (Å²) in [6.07, 6.45) is 6.81. The van der Waals surface area contributed by atoms with Crippen molar-refractivity contribution in [2.45, 2.75) is 56.1 Å². The van der Waals surface area contributed by atoms with Crippen LogP contribution in [0.2, 0.25) is 10.0 Å². The van der Waals surface area contributed by atoms with E-state index in [-0.39, 0.29) is 33.3 Å². The van der Waals surface area contributed by atoms with Crippen LogP contribution < -0.4 is 20.7 Å². The van der Waals surface area contributed by atoms with Gasteiger partial charge in [-0.3, -0.25) is 4.90 Å². The van der Waals surface area contributed by atoms with Gasteiger partial charge in [-0.1, -0.05) is 35.3 Å². The molecule has 0 amide bonds. The molecule has 10 heteroatoms. The number of para-hydroxylation sites is 1. The zero-order valence-corrected chi connectivity index (χ0v) is 22.7. The van der Waals surface area contributed by atoms with Gasteiger partial charge in [0, 0.05) is 41.7 Å². The number of nitrogens with zero attached hydrogens (tertiary/aromatic N) is 4. The number of halogens is 3. The van der Waals surface area contributed by atoms with Crippen LogP contribution in [0.4, 0.5) is 15.9 Å². The molecule has 5 heterocycles. The predicted molar refractivity (Wildman–Crippen MR) is 150 cm³/mol. The molecular weight excluding hydrogens is 526 g/mol. The van der Waals surface area contributed by atoms with E-state index in [0.29, 0.717) is 40.5 Å². The third-order valence-electron chi connectivity index (χ3n) is 8.96. The molecule has 2 unspecified atom stereocenters. The third kappa shape index (κ3) is 3.99. The molecule has 200 valence electrons. The summed E-state index contributed by atoms with van der Waals surface area (Å²) in [7, 11) is 0. The number of fused-ring (bicyclic) bond motifs is 4. The highest BCUT2D eigenvalue weighted by molar-refractivity contribution is 6.36. The maximum Gasteiger partial charge on any atom is 0.319 e. The fourth-order valence-electron chi connectivity index (χ4n) is 7.10. The van der Waals surface area contributed by atoms with Gasteiger partial charge in [0.2, 0.25) is 0 Å². The highest BCUT2D eigenvalue weighted by atomic mass is 35.5. The second-order valence-electron chi connectivity index (χ2n) is 11.2. The van der Waals surface area contributed by atoms with Crippen molar-refractivity contribution in [3.05, 3.63) is 40.1 Å². The van der Waals surface area contributed by atoms with Gasteiger partial charge in [0.25, 0.3) is 0 Å². The quantitative estimate of drug-likeness (QED) is 0.414. The summed E-state index contributed by atoms with van der Waals surface area (Å²) in [4.78, 5) is 14.3. The van der Waals surface area contributed by atoms with Crippen molar-refractivity contribution in [2.24, 2.45) is 0 Å². The van der Waals surface area contributed by atoms with Crippen molar-refractivity contribution in [2.75, 3.05) is 43.4 Å². The standard InChI is InChI=1S/C28H31Cl2FN6O/c29-20-5-1-4-18(24(20)32)22-21(30)12-19-25(23(22)31)34-27(38-15-28-8-2-10-37(28)11-3-9-28)35-26(19)36-13-16-6-7-17(14-36)33-16/h1,4-5,12,16-17,33H,2-3,6-11,13-15,32H2. The lowest BCUT2D eigenvalue weighted by atomic mass is 9.95. The Labute approximate surface area is 231 Å². The molecule has 0 spiro atoms. The van der Waals surface area contributed by atoms with Gasteiger partial charge in [-0.25, -0.2) is 4.39 Å². The van der Waals surface area contributed by atoms with Gasteiger partial charge in [0.05, 0.1) is 21.3 Å². The van der Waals surface area contributed by atoms with E-state index < -0.39 is 5.82 Å². The number of rotatable bonds is 5. The molecular formula is C28H31Cl2FN6O. The number of ether oxygens (including phenoxy) is 1. The van der Waals surface area contributed by atoms with Crippen LogP contribution >= 0.6 is 23.2 Å². The molecule has 4 aliphatic heterocycles. The minimum absolute atomic E-state index is 0.0333. The summed E-state index contributed by atoms with van der Waals surface area (Å²) < 4.78 is 22.7. The average Bonchev–Trinajstić information content (AvgIpc) is 3.59. The van der Waals surface area contributed by atoms with E-state index in [1.807, 2.05) is 0 Å². The Kier molecular flexibility index (Phi) is 6.07. The molecule has 3 aromatic rings. The Balaban J connectivity index is 1.35. The van der Waals surface area contributed by atoms with Gasteiger partial charge in [-0.2, -0.15) is 9.97 Å². The van der Waals surface area contributed by atoms with E-state index in [1.165, 1.54) is 12.8 Å². The maximum atomic E-state index is 16.4. The van der Waals surface area contributed by atoms with Gasteiger partial charge in [0.15, 0.2) is 5.82 Å². The molecule has 0 radical (unpaired) electrons. The molecule has 4 saturated heterocycles. The van der Waals surface area contributed by atoms with Crippen LogP contribution in [0.3, 0.4) is 0 Å². The molecule has 4 aliphatic rings. The van der Waals surface area contributed by atoms with Crippen molar-refractivity contribution in [1.29, 1.82) is 0 Å². The van der Waals surface area contributed by atoms with Gasteiger partial charge in [-0.15, -0.1) is 0 Å². The molecule has 7 nitrogen and oxygen atoms in total. The third-order valence-corrected chi connectivity index (χ3v) is 9.59. The Morgan fingerprint density at radius 1 is 1.08 bits per heavy atom. The largest absolute Gasteiger partial charge is 0.461 e. The smallest absolute Gasteiger partial charge is 0.319 e. The maximum absolute atomic E-state index is 16.4. The van der Waals surface area contributed by atoms with E-state index in [2.05, 4.69) is 20.1 Å². The normalized spacial score (nSPS) is 24.3. The minimum atomic E-state index is -0.547. The summed E-state index contributed by atoms with van der Waals surface area (Å²) in [5.74, 6) is 0.122. The highest BCUT2D eigenvalue weighted by Gasteiger charge is 2.45. The second kappa shape index (κ2) is 9.37.